The maximum absolute atomic E-state index is 10.6. The van der Waals surface area contributed by atoms with Crippen molar-refractivity contribution >= 4 is 5.88 Å². The van der Waals surface area contributed by atoms with Gasteiger partial charge in [0, 0.05) is 19.1 Å². The molecule has 1 fully saturated rings. The van der Waals surface area contributed by atoms with Crippen LogP contribution in [0.1, 0.15) is 12.2 Å². The van der Waals surface area contributed by atoms with Crippen LogP contribution in [0.5, 0.6) is 0 Å². The molecule has 2 heterocycles. The lowest BCUT2D eigenvalue weighted by Gasteiger charge is -2.25. The van der Waals surface area contributed by atoms with Gasteiger partial charge in [0.25, 0.3) is 0 Å². The number of nitro groups is 1. The molecule has 0 amide bonds. The van der Waals surface area contributed by atoms with Crippen LogP contribution in [-0.4, -0.2) is 59.2 Å². The number of likely N-dealkylation sites (tertiary alicyclic amines) is 1. The quantitative estimate of drug-likeness (QED) is 0.625. The number of furan rings is 1. The molecule has 1 aliphatic heterocycles. The summed E-state index contributed by atoms with van der Waals surface area (Å²) >= 11 is 0. The van der Waals surface area contributed by atoms with E-state index in [-0.39, 0.29) is 18.0 Å². The van der Waals surface area contributed by atoms with Gasteiger partial charge >= 0.3 is 5.88 Å². The number of aliphatic hydroxyl groups is 1. The minimum absolute atomic E-state index is 0.237. The zero-order chi connectivity index (χ0) is 14.0. The fraction of sp³-hybridized carbons (Fsp3) is 0.667. The minimum atomic E-state index is -0.542. The van der Waals surface area contributed by atoms with E-state index in [2.05, 4.69) is 9.80 Å². The molecule has 0 saturated carbocycles. The first-order chi connectivity index (χ1) is 8.95. The first-order valence-electron chi connectivity index (χ1n) is 6.25. The van der Waals surface area contributed by atoms with Crippen molar-refractivity contribution in [2.24, 2.45) is 0 Å². The number of rotatable bonds is 5. The highest BCUT2D eigenvalue weighted by Crippen LogP contribution is 2.23. The fourth-order valence-electron chi connectivity index (χ4n) is 2.51. The third-order valence-corrected chi connectivity index (χ3v) is 3.27. The van der Waals surface area contributed by atoms with Crippen molar-refractivity contribution in [3.05, 3.63) is 28.0 Å². The topological polar surface area (TPSA) is 83.0 Å². The van der Waals surface area contributed by atoms with Gasteiger partial charge in [-0.1, -0.05) is 0 Å². The smallest absolute Gasteiger partial charge is 0.404 e. The molecule has 7 nitrogen and oxygen atoms in total. The predicted molar refractivity (Wildman–Crippen MR) is 68.7 cm³/mol. The van der Waals surface area contributed by atoms with Crippen molar-refractivity contribution in [3.8, 4) is 0 Å². The summed E-state index contributed by atoms with van der Waals surface area (Å²) in [7, 11) is 3.97. The predicted octanol–water partition coefficient (Wildman–Crippen LogP) is 0.685. The van der Waals surface area contributed by atoms with Crippen molar-refractivity contribution in [1.82, 2.24) is 9.80 Å². The summed E-state index contributed by atoms with van der Waals surface area (Å²) in [4.78, 5) is 14.2. The van der Waals surface area contributed by atoms with Crippen molar-refractivity contribution in [1.29, 1.82) is 0 Å². The van der Waals surface area contributed by atoms with E-state index in [9.17, 15) is 15.2 Å². The van der Waals surface area contributed by atoms with E-state index in [0.29, 0.717) is 18.8 Å². The van der Waals surface area contributed by atoms with Gasteiger partial charge in [-0.2, -0.15) is 0 Å². The van der Waals surface area contributed by atoms with Crippen LogP contribution >= 0.6 is 0 Å². The average Bonchev–Trinajstić information content (AvgIpc) is 2.86. The van der Waals surface area contributed by atoms with Crippen LogP contribution in [0.15, 0.2) is 16.5 Å². The van der Waals surface area contributed by atoms with Crippen LogP contribution in [-0.2, 0) is 6.54 Å². The normalized spacial score (nSPS) is 24.2. The summed E-state index contributed by atoms with van der Waals surface area (Å²) in [6.07, 6.45) is 0.385. The Morgan fingerprint density at radius 2 is 2.32 bits per heavy atom. The Labute approximate surface area is 111 Å². The number of likely N-dealkylation sites (N-methyl/N-ethyl adjacent to an activating group) is 1. The van der Waals surface area contributed by atoms with Crippen LogP contribution in [0, 0.1) is 10.1 Å². The zero-order valence-corrected chi connectivity index (χ0v) is 11.2. The molecule has 2 atom stereocenters. The van der Waals surface area contributed by atoms with Crippen LogP contribution in [0.2, 0.25) is 0 Å². The molecule has 0 aliphatic carbocycles. The number of hydrogen-bond donors (Lipinski definition) is 1. The highest BCUT2D eigenvalue weighted by molar-refractivity contribution is 5.17. The summed E-state index contributed by atoms with van der Waals surface area (Å²) < 4.78 is 5.16. The minimum Gasteiger partial charge on any atom is -0.404 e. The zero-order valence-electron chi connectivity index (χ0n) is 11.2. The molecule has 0 spiro atoms. The Kier molecular flexibility index (Phi) is 4.18. The van der Waals surface area contributed by atoms with Gasteiger partial charge in [-0.3, -0.25) is 15.0 Å². The third-order valence-electron chi connectivity index (χ3n) is 3.27. The fourth-order valence-corrected chi connectivity index (χ4v) is 2.51. The Morgan fingerprint density at radius 3 is 2.89 bits per heavy atom. The second kappa shape index (κ2) is 5.68. The van der Waals surface area contributed by atoms with Gasteiger partial charge in [0.2, 0.25) is 0 Å². The van der Waals surface area contributed by atoms with Gasteiger partial charge in [-0.25, -0.2) is 0 Å². The van der Waals surface area contributed by atoms with Gasteiger partial charge in [0.05, 0.1) is 18.7 Å². The Morgan fingerprint density at radius 1 is 1.58 bits per heavy atom. The molecule has 0 bridgehead atoms. The van der Waals surface area contributed by atoms with Crippen LogP contribution in [0.4, 0.5) is 5.88 Å². The molecule has 2 unspecified atom stereocenters. The van der Waals surface area contributed by atoms with E-state index < -0.39 is 4.92 Å². The summed E-state index contributed by atoms with van der Waals surface area (Å²) in [6.45, 7) is 1.91. The number of nitrogens with zero attached hydrogens (tertiary/aromatic N) is 3. The number of hydrogen-bond acceptors (Lipinski definition) is 6. The molecular weight excluding hydrogens is 250 g/mol. The van der Waals surface area contributed by atoms with Crippen molar-refractivity contribution in [2.75, 3.05) is 27.2 Å². The maximum atomic E-state index is 10.6. The van der Waals surface area contributed by atoms with E-state index >= 15 is 0 Å². The molecule has 1 aliphatic rings. The SMILES string of the molecule is CN(C)CC1CC(O)CN1Cc1ccc([N+](=O)[O-])o1. The second-order valence-electron chi connectivity index (χ2n) is 5.23. The van der Waals surface area contributed by atoms with Crippen molar-refractivity contribution < 1.29 is 14.4 Å². The number of aliphatic hydroxyl groups excluding tert-OH is 1. The van der Waals surface area contributed by atoms with Crippen molar-refractivity contribution in [3.63, 3.8) is 0 Å². The molecule has 0 aromatic carbocycles. The van der Waals surface area contributed by atoms with E-state index in [1.54, 1.807) is 6.07 Å². The molecule has 1 N–H and O–H groups in total. The molecule has 1 saturated heterocycles. The first-order valence-corrected chi connectivity index (χ1v) is 6.25. The van der Waals surface area contributed by atoms with Gasteiger partial charge in [0.1, 0.15) is 10.7 Å². The molecule has 106 valence electrons. The standard InChI is InChI=1S/C12H19N3O4/c1-13(2)6-9-5-10(16)7-14(9)8-11-3-4-12(19-11)15(17)18/h3-4,9-10,16H,5-8H2,1-2H3. The van der Waals surface area contributed by atoms with E-state index in [4.69, 9.17) is 4.42 Å². The molecule has 1 aromatic heterocycles. The average molecular weight is 269 g/mol. The van der Waals surface area contributed by atoms with Crippen LogP contribution in [0.3, 0.4) is 0 Å². The second-order valence-corrected chi connectivity index (χ2v) is 5.23. The lowest BCUT2D eigenvalue weighted by Crippen LogP contribution is -2.37. The summed E-state index contributed by atoms with van der Waals surface area (Å²) in [5, 5.41) is 20.3. The molecule has 2 rings (SSSR count). The Bertz CT molecular complexity index is 446. The summed E-state index contributed by atoms with van der Waals surface area (Å²) in [5.74, 6) is 0.323. The monoisotopic (exact) mass is 269 g/mol. The third kappa shape index (κ3) is 3.52. The van der Waals surface area contributed by atoms with Crippen molar-refractivity contribution in [2.45, 2.75) is 25.1 Å². The van der Waals surface area contributed by atoms with E-state index in [1.165, 1.54) is 6.07 Å². The van der Waals surface area contributed by atoms with Crippen LogP contribution in [0.25, 0.3) is 0 Å². The molecule has 7 heteroatoms. The molecule has 0 radical (unpaired) electrons. The lowest BCUT2D eigenvalue weighted by atomic mass is 10.2. The van der Waals surface area contributed by atoms with Gasteiger partial charge in [0.15, 0.2) is 0 Å². The largest absolute Gasteiger partial charge is 0.433 e. The molecular formula is C12H19N3O4. The Balaban J connectivity index is 2.01. The summed E-state index contributed by atoms with van der Waals surface area (Å²) in [6, 6.07) is 3.23. The highest BCUT2D eigenvalue weighted by atomic mass is 16.6. The summed E-state index contributed by atoms with van der Waals surface area (Å²) in [5.41, 5.74) is 0. The lowest BCUT2D eigenvalue weighted by molar-refractivity contribution is -0.402. The first kappa shape index (κ1) is 14.0. The molecule has 19 heavy (non-hydrogen) atoms. The van der Waals surface area contributed by atoms with E-state index in [1.807, 2.05) is 14.1 Å². The Hall–Kier alpha value is -1.44. The van der Waals surface area contributed by atoms with E-state index in [0.717, 1.165) is 13.0 Å². The van der Waals surface area contributed by atoms with Crippen LogP contribution < -0.4 is 0 Å². The van der Waals surface area contributed by atoms with Gasteiger partial charge in [-0.05, 0) is 26.6 Å². The maximum Gasteiger partial charge on any atom is 0.433 e. The highest BCUT2D eigenvalue weighted by Gasteiger charge is 2.31. The molecule has 1 aromatic rings. The number of β-amino-alcohol motifs (C(OH)–C–C–N with tert-alkyl or cyclic N) is 1. The van der Waals surface area contributed by atoms with Gasteiger partial charge < -0.3 is 14.4 Å². The van der Waals surface area contributed by atoms with Gasteiger partial charge in [-0.15, -0.1) is 0 Å².